The second-order valence-corrected chi connectivity index (χ2v) is 4.81. The van der Waals surface area contributed by atoms with E-state index >= 15 is 0 Å². The van der Waals surface area contributed by atoms with Gasteiger partial charge in [0, 0.05) is 11.6 Å². The molecule has 6 nitrogen and oxygen atoms in total. The highest BCUT2D eigenvalue weighted by molar-refractivity contribution is 8.18. The van der Waals surface area contributed by atoms with Crippen LogP contribution >= 0.6 is 11.8 Å². The maximum atomic E-state index is 11.5. The molecular weight excluding hydrogens is 270 g/mol. The molecule has 1 aromatic carbocycles. The predicted molar refractivity (Wildman–Crippen MR) is 68.2 cm³/mol. The Labute approximate surface area is 112 Å². The summed E-state index contributed by atoms with van der Waals surface area (Å²) >= 11 is 0.855. The van der Waals surface area contributed by atoms with Crippen molar-refractivity contribution in [3.8, 4) is 17.2 Å². The Morgan fingerprint density at radius 2 is 2.05 bits per heavy atom. The lowest BCUT2D eigenvalue weighted by Crippen LogP contribution is -2.17. The molecule has 98 valence electrons. The number of imide groups is 1. The first kappa shape index (κ1) is 11.9. The zero-order valence-electron chi connectivity index (χ0n) is 9.89. The molecule has 7 heteroatoms. The van der Waals surface area contributed by atoms with E-state index < -0.39 is 5.91 Å². The molecule has 1 N–H and O–H groups in total. The summed E-state index contributed by atoms with van der Waals surface area (Å²) in [7, 11) is 1.52. The molecular formula is C12H9NO5S. The molecule has 1 fully saturated rings. The summed E-state index contributed by atoms with van der Waals surface area (Å²) < 4.78 is 15.7. The first-order valence-electron chi connectivity index (χ1n) is 5.40. The smallest absolute Gasteiger partial charge is 0.290 e. The number of rotatable bonds is 2. The van der Waals surface area contributed by atoms with E-state index in [-0.39, 0.29) is 12.0 Å². The van der Waals surface area contributed by atoms with Gasteiger partial charge in [-0.3, -0.25) is 14.9 Å². The fraction of sp³-hybridized carbons (Fsp3) is 0.167. The van der Waals surface area contributed by atoms with Gasteiger partial charge in [-0.25, -0.2) is 0 Å². The summed E-state index contributed by atoms with van der Waals surface area (Å²) in [5.74, 6) is 1.32. The minimum absolute atomic E-state index is 0.159. The third kappa shape index (κ3) is 2.12. The topological polar surface area (TPSA) is 73.9 Å². The van der Waals surface area contributed by atoms with Crippen LogP contribution in [0.2, 0.25) is 0 Å². The molecule has 2 aliphatic rings. The molecule has 0 bridgehead atoms. The SMILES string of the molecule is COc1cc2c(cc1/C=C1\SC(=O)NC1=O)OCO2. The molecule has 0 aliphatic carbocycles. The van der Waals surface area contributed by atoms with Gasteiger partial charge in [0.15, 0.2) is 11.5 Å². The van der Waals surface area contributed by atoms with Crippen LogP contribution in [0.3, 0.4) is 0 Å². The third-order valence-electron chi connectivity index (χ3n) is 2.65. The van der Waals surface area contributed by atoms with Crippen molar-refractivity contribution >= 4 is 29.0 Å². The van der Waals surface area contributed by atoms with Gasteiger partial charge in [-0.05, 0) is 23.9 Å². The predicted octanol–water partition coefficient (Wildman–Crippen LogP) is 1.75. The van der Waals surface area contributed by atoms with Crippen molar-refractivity contribution in [3.63, 3.8) is 0 Å². The van der Waals surface area contributed by atoms with Gasteiger partial charge in [0.2, 0.25) is 6.79 Å². The van der Waals surface area contributed by atoms with Crippen LogP contribution in [-0.4, -0.2) is 25.0 Å². The average molecular weight is 279 g/mol. The van der Waals surface area contributed by atoms with Crippen molar-refractivity contribution in [1.82, 2.24) is 5.32 Å². The lowest BCUT2D eigenvalue weighted by Gasteiger charge is -2.06. The van der Waals surface area contributed by atoms with Crippen molar-refractivity contribution in [1.29, 1.82) is 0 Å². The summed E-state index contributed by atoms with van der Waals surface area (Å²) in [6, 6.07) is 3.40. The van der Waals surface area contributed by atoms with Crippen LogP contribution in [0.1, 0.15) is 5.56 Å². The highest BCUT2D eigenvalue weighted by Gasteiger charge is 2.26. The number of nitrogens with one attached hydrogen (secondary N) is 1. The van der Waals surface area contributed by atoms with Crippen molar-refractivity contribution in [2.24, 2.45) is 0 Å². The number of amides is 2. The Bertz CT molecular complexity index is 610. The van der Waals surface area contributed by atoms with E-state index in [9.17, 15) is 9.59 Å². The molecule has 0 atom stereocenters. The number of hydrogen-bond acceptors (Lipinski definition) is 6. The summed E-state index contributed by atoms with van der Waals surface area (Å²) in [5, 5.41) is 1.82. The molecule has 0 spiro atoms. The third-order valence-corrected chi connectivity index (χ3v) is 3.46. The normalized spacial score (nSPS) is 18.9. The molecule has 0 unspecified atom stereocenters. The van der Waals surface area contributed by atoms with Crippen molar-refractivity contribution in [2.45, 2.75) is 0 Å². The van der Waals surface area contributed by atoms with Gasteiger partial charge in [0.05, 0.1) is 12.0 Å². The maximum absolute atomic E-state index is 11.5. The fourth-order valence-corrected chi connectivity index (χ4v) is 2.46. The minimum atomic E-state index is -0.408. The Hall–Kier alpha value is -2.15. The number of methoxy groups -OCH3 is 1. The molecule has 0 saturated carbocycles. The van der Waals surface area contributed by atoms with E-state index in [0.717, 1.165) is 11.8 Å². The number of hydrogen-bond donors (Lipinski definition) is 1. The average Bonchev–Trinajstić information content (AvgIpc) is 2.95. The van der Waals surface area contributed by atoms with E-state index in [1.165, 1.54) is 7.11 Å². The number of fused-ring (bicyclic) bond motifs is 1. The monoisotopic (exact) mass is 279 g/mol. The van der Waals surface area contributed by atoms with E-state index in [2.05, 4.69) is 5.32 Å². The van der Waals surface area contributed by atoms with E-state index in [0.29, 0.717) is 27.7 Å². The summed E-state index contributed by atoms with van der Waals surface area (Å²) in [4.78, 5) is 22.9. The summed E-state index contributed by atoms with van der Waals surface area (Å²) in [5.41, 5.74) is 0.652. The van der Waals surface area contributed by atoms with Crippen LogP contribution in [0.5, 0.6) is 17.2 Å². The molecule has 2 aliphatic heterocycles. The summed E-state index contributed by atoms with van der Waals surface area (Å²) in [6.45, 7) is 0.159. The van der Waals surface area contributed by atoms with Gasteiger partial charge in [-0.1, -0.05) is 0 Å². The molecule has 3 rings (SSSR count). The molecule has 0 aromatic heterocycles. The lowest BCUT2D eigenvalue weighted by molar-refractivity contribution is -0.115. The van der Waals surface area contributed by atoms with Gasteiger partial charge >= 0.3 is 0 Å². The Morgan fingerprint density at radius 3 is 2.68 bits per heavy atom. The highest BCUT2D eigenvalue weighted by atomic mass is 32.2. The van der Waals surface area contributed by atoms with Crippen LogP contribution in [0.15, 0.2) is 17.0 Å². The zero-order valence-corrected chi connectivity index (χ0v) is 10.7. The van der Waals surface area contributed by atoms with Crippen LogP contribution in [0, 0.1) is 0 Å². The second kappa shape index (κ2) is 4.51. The first-order chi connectivity index (χ1) is 9.17. The largest absolute Gasteiger partial charge is 0.496 e. The fourth-order valence-electron chi connectivity index (χ4n) is 1.79. The quantitative estimate of drug-likeness (QED) is 0.831. The number of carbonyl (C=O) groups is 2. The molecule has 2 amide bonds. The van der Waals surface area contributed by atoms with Crippen LogP contribution < -0.4 is 19.5 Å². The molecule has 1 aromatic rings. The molecule has 0 radical (unpaired) electrons. The van der Waals surface area contributed by atoms with Crippen LogP contribution in [-0.2, 0) is 4.79 Å². The highest BCUT2D eigenvalue weighted by Crippen LogP contribution is 2.39. The van der Waals surface area contributed by atoms with Crippen LogP contribution in [0.25, 0.3) is 6.08 Å². The zero-order chi connectivity index (χ0) is 13.4. The van der Waals surface area contributed by atoms with E-state index in [1.54, 1.807) is 18.2 Å². The van der Waals surface area contributed by atoms with Crippen LogP contribution in [0.4, 0.5) is 4.79 Å². The van der Waals surface area contributed by atoms with Crippen molar-refractivity contribution in [2.75, 3.05) is 13.9 Å². The van der Waals surface area contributed by atoms with Gasteiger partial charge in [0.25, 0.3) is 11.1 Å². The molecule has 19 heavy (non-hydrogen) atoms. The number of ether oxygens (including phenoxy) is 3. The second-order valence-electron chi connectivity index (χ2n) is 3.80. The molecule has 1 saturated heterocycles. The van der Waals surface area contributed by atoms with E-state index in [4.69, 9.17) is 14.2 Å². The number of benzene rings is 1. The number of carbonyl (C=O) groups excluding carboxylic acids is 2. The maximum Gasteiger partial charge on any atom is 0.290 e. The number of thioether (sulfide) groups is 1. The Morgan fingerprint density at radius 1 is 1.32 bits per heavy atom. The Balaban J connectivity index is 2.03. The lowest BCUT2D eigenvalue weighted by atomic mass is 10.1. The van der Waals surface area contributed by atoms with E-state index in [1.807, 2.05) is 0 Å². The van der Waals surface area contributed by atoms with Crippen molar-refractivity contribution in [3.05, 3.63) is 22.6 Å². The minimum Gasteiger partial charge on any atom is -0.496 e. The van der Waals surface area contributed by atoms with Crippen molar-refractivity contribution < 1.29 is 23.8 Å². The standard InChI is InChI=1S/C12H9NO5S/c1-16-7-4-9-8(17-5-18-9)2-6(7)3-10-11(14)13-12(15)19-10/h2-4H,5H2,1H3,(H,13,14,15)/b10-3-. The van der Waals surface area contributed by atoms with Gasteiger partial charge in [0.1, 0.15) is 5.75 Å². The van der Waals surface area contributed by atoms with Gasteiger partial charge in [-0.2, -0.15) is 0 Å². The summed E-state index contributed by atoms with van der Waals surface area (Å²) in [6.07, 6.45) is 1.59. The molecule has 2 heterocycles. The first-order valence-corrected chi connectivity index (χ1v) is 6.21. The van der Waals surface area contributed by atoms with Gasteiger partial charge < -0.3 is 14.2 Å². The van der Waals surface area contributed by atoms with Gasteiger partial charge in [-0.15, -0.1) is 0 Å². The Kier molecular flexibility index (Phi) is 2.83.